The van der Waals surface area contributed by atoms with Gasteiger partial charge in [-0.15, -0.1) is 0 Å². The summed E-state index contributed by atoms with van der Waals surface area (Å²) in [7, 11) is 0. The molecular formula is C25H25ClN4O2. The molecule has 3 aromatic carbocycles. The lowest BCUT2D eigenvalue weighted by Gasteiger charge is -2.22. The van der Waals surface area contributed by atoms with Gasteiger partial charge in [0.15, 0.2) is 0 Å². The molecule has 4 rings (SSSR count). The molecule has 1 aliphatic heterocycles. The topological polar surface area (TPSA) is 73.5 Å². The van der Waals surface area contributed by atoms with Crippen LogP contribution in [0.2, 0.25) is 5.02 Å². The van der Waals surface area contributed by atoms with Crippen LogP contribution in [0.4, 0.5) is 27.5 Å². The number of amides is 3. The summed E-state index contributed by atoms with van der Waals surface area (Å²) in [6.45, 7) is 3.81. The van der Waals surface area contributed by atoms with Gasteiger partial charge in [0.1, 0.15) is 0 Å². The van der Waals surface area contributed by atoms with E-state index in [1.54, 1.807) is 36.4 Å². The number of benzene rings is 3. The lowest BCUT2D eigenvalue weighted by Crippen LogP contribution is -2.24. The van der Waals surface area contributed by atoms with Crippen molar-refractivity contribution in [1.29, 1.82) is 0 Å². The van der Waals surface area contributed by atoms with E-state index < -0.39 is 0 Å². The Balaban J connectivity index is 1.55. The second-order valence-corrected chi connectivity index (χ2v) is 8.28. The molecule has 1 fully saturated rings. The fourth-order valence-electron chi connectivity index (χ4n) is 3.79. The molecule has 0 atom stereocenters. The van der Waals surface area contributed by atoms with Gasteiger partial charge in [-0.25, -0.2) is 4.79 Å². The van der Waals surface area contributed by atoms with E-state index in [2.05, 4.69) is 20.9 Å². The molecule has 1 heterocycles. The predicted molar refractivity (Wildman–Crippen MR) is 131 cm³/mol. The monoisotopic (exact) mass is 448 g/mol. The van der Waals surface area contributed by atoms with E-state index in [9.17, 15) is 9.59 Å². The van der Waals surface area contributed by atoms with Crippen molar-refractivity contribution in [2.75, 3.05) is 33.9 Å². The van der Waals surface area contributed by atoms with Crippen LogP contribution >= 0.6 is 11.6 Å². The van der Waals surface area contributed by atoms with Gasteiger partial charge in [-0.3, -0.25) is 4.79 Å². The maximum atomic E-state index is 12.7. The van der Waals surface area contributed by atoms with Crippen LogP contribution in [-0.2, 0) is 0 Å². The van der Waals surface area contributed by atoms with E-state index in [-0.39, 0.29) is 11.9 Å². The van der Waals surface area contributed by atoms with Gasteiger partial charge in [-0.05, 0) is 68.3 Å². The number of hydrogen-bond donors (Lipinski definition) is 3. The molecule has 7 heteroatoms. The third kappa shape index (κ3) is 5.39. The van der Waals surface area contributed by atoms with Gasteiger partial charge in [0.2, 0.25) is 0 Å². The summed E-state index contributed by atoms with van der Waals surface area (Å²) < 4.78 is 0. The molecule has 1 saturated heterocycles. The van der Waals surface area contributed by atoms with E-state index in [1.165, 1.54) is 0 Å². The number of urea groups is 1. The molecule has 0 aromatic heterocycles. The van der Waals surface area contributed by atoms with E-state index in [4.69, 9.17) is 11.6 Å². The zero-order chi connectivity index (χ0) is 22.5. The minimum atomic E-state index is -0.380. The third-order valence-corrected chi connectivity index (χ3v) is 5.55. The Morgan fingerprint density at radius 2 is 1.59 bits per heavy atom. The van der Waals surface area contributed by atoms with Gasteiger partial charge in [0.25, 0.3) is 5.91 Å². The first-order chi connectivity index (χ1) is 15.5. The minimum Gasteiger partial charge on any atom is -0.370 e. The molecule has 0 aliphatic carbocycles. The first kappa shape index (κ1) is 21.7. The Morgan fingerprint density at radius 3 is 2.34 bits per heavy atom. The summed E-state index contributed by atoms with van der Waals surface area (Å²) in [5, 5.41) is 9.20. The highest BCUT2D eigenvalue weighted by Gasteiger charge is 2.18. The Labute approximate surface area is 192 Å². The van der Waals surface area contributed by atoms with Crippen LogP contribution in [0.1, 0.15) is 28.8 Å². The van der Waals surface area contributed by atoms with Crippen molar-refractivity contribution >= 4 is 46.3 Å². The van der Waals surface area contributed by atoms with Gasteiger partial charge >= 0.3 is 6.03 Å². The minimum absolute atomic E-state index is 0.197. The summed E-state index contributed by atoms with van der Waals surface area (Å²) >= 11 is 6.01. The summed E-state index contributed by atoms with van der Waals surface area (Å²) in [6, 6.07) is 19.6. The molecule has 6 nitrogen and oxygen atoms in total. The summed E-state index contributed by atoms with van der Waals surface area (Å²) in [6.07, 6.45) is 2.22. The highest BCUT2D eigenvalue weighted by molar-refractivity contribution is 6.30. The molecule has 0 saturated carbocycles. The summed E-state index contributed by atoms with van der Waals surface area (Å²) in [4.78, 5) is 27.6. The standard InChI is InChI=1S/C25H25ClN4O2/c1-17-6-4-7-18(14-17)24(31)27-21-10-11-23(30-12-2-3-13-30)22(16-21)29-25(32)28-20-9-5-8-19(26)15-20/h4-11,14-16H,2-3,12-13H2,1H3,(H,27,31)(H2,28,29,32). The predicted octanol–water partition coefficient (Wildman–Crippen LogP) is 6.14. The summed E-state index contributed by atoms with van der Waals surface area (Å²) in [5.74, 6) is -0.197. The van der Waals surface area contributed by atoms with E-state index in [0.29, 0.717) is 27.6 Å². The van der Waals surface area contributed by atoms with Crippen molar-refractivity contribution in [3.05, 3.63) is 82.9 Å². The number of halogens is 1. The SMILES string of the molecule is Cc1cccc(C(=O)Nc2ccc(N3CCCC3)c(NC(=O)Nc3cccc(Cl)c3)c2)c1. The quantitative estimate of drug-likeness (QED) is 0.438. The second-order valence-electron chi connectivity index (χ2n) is 7.84. The molecule has 0 unspecified atom stereocenters. The fraction of sp³-hybridized carbons (Fsp3) is 0.200. The van der Waals surface area contributed by atoms with Crippen LogP contribution in [0.15, 0.2) is 66.7 Å². The fourth-order valence-corrected chi connectivity index (χ4v) is 3.98. The zero-order valence-electron chi connectivity index (χ0n) is 17.8. The first-order valence-corrected chi connectivity index (χ1v) is 11.0. The maximum Gasteiger partial charge on any atom is 0.323 e. The smallest absolute Gasteiger partial charge is 0.323 e. The number of carbonyl (C=O) groups is 2. The Hall–Kier alpha value is -3.51. The molecule has 3 aromatic rings. The lowest BCUT2D eigenvalue weighted by molar-refractivity contribution is 0.102. The Kier molecular flexibility index (Phi) is 6.61. The Morgan fingerprint density at radius 1 is 0.844 bits per heavy atom. The maximum absolute atomic E-state index is 12.7. The zero-order valence-corrected chi connectivity index (χ0v) is 18.6. The van der Waals surface area contributed by atoms with Gasteiger partial charge in [-0.2, -0.15) is 0 Å². The molecule has 0 spiro atoms. The Bertz CT molecular complexity index is 1140. The van der Waals surface area contributed by atoms with Crippen molar-refractivity contribution in [3.8, 4) is 0 Å². The van der Waals surface area contributed by atoms with Crippen LogP contribution in [0.5, 0.6) is 0 Å². The van der Waals surface area contributed by atoms with Gasteiger partial charge in [-0.1, -0.05) is 35.4 Å². The number of carbonyl (C=O) groups excluding carboxylic acids is 2. The van der Waals surface area contributed by atoms with Crippen LogP contribution in [0.3, 0.4) is 0 Å². The highest BCUT2D eigenvalue weighted by atomic mass is 35.5. The molecule has 3 amide bonds. The normalized spacial score (nSPS) is 13.0. The van der Waals surface area contributed by atoms with Crippen LogP contribution in [-0.4, -0.2) is 25.0 Å². The average molecular weight is 449 g/mol. The highest BCUT2D eigenvalue weighted by Crippen LogP contribution is 2.32. The molecule has 164 valence electrons. The van der Waals surface area contributed by atoms with Crippen molar-refractivity contribution in [1.82, 2.24) is 0 Å². The van der Waals surface area contributed by atoms with Gasteiger partial charge in [0, 0.05) is 35.1 Å². The second kappa shape index (κ2) is 9.75. The van der Waals surface area contributed by atoms with E-state index >= 15 is 0 Å². The van der Waals surface area contributed by atoms with Crippen molar-refractivity contribution in [3.63, 3.8) is 0 Å². The molecule has 3 N–H and O–H groups in total. The largest absolute Gasteiger partial charge is 0.370 e. The number of anilines is 4. The number of nitrogens with zero attached hydrogens (tertiary/aromatic N) is 1. The molecular weight excluding hydrogens is 424 g/mol. The van der Waals surface area contributed by atoms with E-state index in [0.717, 1.165) is 37.2 Å². The average Bonchev–Trinajstić information content (AvgIpc) is 3.28. The van der Waals surface area contributed by atoms with Crippen LogP contribution in [0, 0.1) is 6.92 Å². The van der Waals surface area contributed by atoms with E-state index in [1.807, 2.05) is 37.3 Å². The summed E-state index contributed by atoms with van der Waals surface area (Å²) in [5.41, 5.74) is 4.37. The van der Waals surface area contributed by atoms with Crippen LogP contribution < -0.4 is 20.9 Å². The number of aryl methyl sites for hydroxylation is 1. The molecule has 0 radical (unpaired) electrons. The lowest BCUT2D eigenvalue weighted by atomic mass is 10.1. The molecule has 32 heavy (non-hydrogen) atoms. The molecule has 0 bridgehead atoms. The number of rotatable bonds is 5. The number of hydrogen-bond acceptors (Lipinski definition) is 3. The number of nitrogens with one attached hydrogen (secondary N) is 3. The third-order valence-electron chi connectivity index (χ3n) is 5.31. The van der Waals surface area contributed by atoms with Crippen molar-refractivity contribution < 1.29 is 9.59 Å². The first-order valence-electron chi connectivity index (χ1n) is 10.6. The van der Waals surface area contributed by atoms with Crippen molar-refractivity contribution in [2.45, 2.75) is 19.8 Å². The van der Waals surface area contributed by atoms with Gasteiger partial charge < -0.3 is 20.9 Å². The molecule has 1 aliphatic rings. The van der Waals surface area contributed by atoms with Crippen LogP contribution in [0.25, 0.3) is 0 Å². The van der Waals surface area contributed by atoms with Crippen molar-refractivity contribution in [2.24, 2.45) is 0 Å². The van der Waals surface area contributed by atoms with Gasteiger partial charge in [0.05, 0.1) is 11.4 Å².